The fourth-order valence-electron chi connectivity index (χ4n) is 3.22. The molecule has 2 heterocycles. The van der Waals surface area contributed by atoms with Gasteiger partial charge in [0.25, 0.3) is 0 Å². The summed E-state index contributed by atoms with van der Waals surface area (Å²) < 4.78 is 5.34. The van der Waals surface area contributed by atoms with Crippen LogP contribution in [0.4, 0.5) is 4.79 Å². The molecule has 1 N–H and O–H groups in total. The van der Waals surface area contributed by atoms with Gasteiger partial charge in [-0.3, -0.25) is 4.98 Å². The highest BCUT2D eigenvalue weighted by Gasteiger charge is 2.30. The lowest BCUT2D eigenvalue weighted by molar-refractivity contribution is 0.0505. The average Bonchev–Trinajstić information content (AvgIpc) is 2.92. The summed E-state index contributed by atoms with van der Waals surface area (Å²) >= 11 is 6.04. The van der Waals surface area contributed by atoms with E-state index in [1.165, 1.54) is 0 Å². The second-order valence-corrected chi connectivity index (χ2v) is 7.66. The number of hydrogen-bond donors (Lipinski definition) is 1. The molecule has 0 spiro atoms. The first-order chi connectivity index (χ1) is 11.3. The van der Waals surface area contributed by atoms with E-state index in [0.29, 0.717) is 11.1 Å². The SMILES string of the molecule is CC(C)(C)OC(=O)N[C@@H]1CC[C@H](c2nccc3cnc(Cl)cc23)C1. The van der Waals surface area contributed by atoms with Crippen molar-refractivity contribution in [1.29, 1.82) is 0 Å². The fourth-order valence-corrected chi connectivity index (χ4v) is 3.38. The van der Waals surface area contributed by atoms with Crippen LogP contribution in [0.1, 0.15) is 51.6 Å². The van der Waals surface area contributed by atoms with Crippen molar-refractivity contribution in [2.24, 2.45) is 0 Å². The van der Waals surface area contributed by atoms with Crippen molar-refractivity contribution in [2.75, 3.05) is 0 Å². The van der Waals surface area contributed by atoms with Crippen LogP contribution in [0.15, 0.2) is 24.5 Å². The van der Waals surface area contributed by atoms with E-state index in [9.17, 15) is 4.79 Å². The van der Waals surface area contributed by atoms with E-state index < -0.39 is 5.60 Å². The van der Waals surface area contributed by atoms with Gasteiger partial charge in [-0.2, -0.15) is 0 Å². The monoisotopic (exact) mass is 347 g/mol. The van der Waals surface area contributed by atoms with Crippen LogP contribution in [0.25, 0.3) is 10.8 Å². The largest absolute Gasteiger partial charge is 0.444 e. The summed E-state index contributed by atoms with van der Waals surface area (Å²) in [6.07, 6.45) is 5.97. The Morgan fingerprint density at radius 3 is 2.88 bits per heavy atom. The zero-order valence-electron chi connectivity index (χ0n) is 14.2. The number of alkyl carbamates (subject to hydrolysis) is 1. The molecule has 0 bridgehead atoms. The van der Waals surface area contributed by atoms with Gasteiger partial charge in [0, 0.05) is 35.1 Å². The third-order valence-electron chi connectivity index (χ3n) is 4.19. The van der Waals surface area contributed by atoms with Gasteiger partial charge < -0.3 is 10.1 Å². The minimum Gasteiger partial charge on any atom is -0.444 e. The third-order valence-corrected chi connectivity index (χ3v) is 4.39. The number of hydrogen-bond acceptors (Lipinski definition) is 4. The second-order valence-electron chi connectivity index (χ2n) is 7.28. The summed E-state index contributed by atoms with van der Waals surface area (Å²) in [5, 5.41) is 5.51. The van der Waals surface area contributed by atoms with E-state index in [-0.39, 0.29) is 12.1 Å². The van der Waals surface area contributed by atoms with Crippen LogP contribution in [-0.2, 0) is 4.74 Å². The van der Waals surface area contributed by atoms with Crippen molar-refractivity contribution in [1.82, 2.24) is 15.3 Å². The summed E-state index contributed by atoms with van der Waals surface area (Å²) in [5.74, 6) is 0.298. The van der Waals surface area contributed by atoms with Gasteiger partial charge in [-0.15, -0.1) is 0 Å². The lowest BCUT2D eigenvalue weighted by atomic mass is 9.98. The smallest absolute Gasteiger partial charge is 0.407 e. The summed E-state index contributed by atoms with van der Waals surface area (Å²) in [7, 11) is 0. The van der Waals surface area contributed by atoms with Crippen LogP contribution in [-0.4, -0.2) is 27.7 Å². The number of fused-ring (bicyclic) bond motifs is 1. The first kappa shape index (κ1) is 17.0. The quantitative estimate of drug-likeness (QED) is 0.815. The lowest BCUT2D eigenvalue weighted by Crippen LogP contribution is -2.37. The number of aromatic nitrogens is 2. The topological polar surface area (TPSA) is 64.1 Å². The molecule has 1 saturated carbocycles. The Bertz CT molecular complexity index is 758. The molecule has 0 radical (unpaired) electrons. The van der Waals surface area contributed by atoms with Crippen molar-refractivity contribution in [2.45, 2.75) is 57.6 Å². The standard InChI is InChI=1S/C18H22ClN3O2/c1-18(2,3)24-17(23)22-13-5-4-11(8-13)16-14-9-15(19)21-10-12(14)6-7-20-16/h6-7,9-11,13H,4-5,8H2,1-3H3,(H,22,23)/t11-,13+/m0/s1. The van der Waals surface area contributed by atoms with Crippen molar-refractivity contribution in [3.05, 3.63) is 35.4 Å². The Morgan fingerprint density at radius 2 is 2.12 bits per heavy atom. The second kappa shape index (κ2) is 6.55. The maximum atomic E-state index is 11.9. The zero-order valence-corrected chi connectivity index (χ0v) is 14.9. The molecule has 0 saturated heterocycles. The highest BCUT2D eigenvalue weighted by Crippen LogP contribution is 2.37. The van der Waals surface area contributed by atoms with Gasteiger partial charge in [0.15, 0.2) is 0 Å². The zero-order chi connectivity index (χ0) is 17.3. The van der Waals surface area contributed by atoms with Gasteiger partial charge in [-0.05, 0) is 52.2 Å². The van der Waals surface area contributed by atoms with E-state index in [1.54, 1.807) is 6.20 Å². The number of nitrogens with zero attached hydrogens (tertiary/aromatic N) is 2. The predicted octanol–water partition coefficient (Wildman–Crippen LogP) is 4.44. The van der Waals surface area contributed by atoms with Crippen molar-refractivity contribution >= 4 is 28.5 Å². The minimum atomic E-state index is -0.483. The molecule has 1 fully saturated rings. The Labute approximate surface area is 146 Å². The van der Waals surface area contributed by atoms with E-state index >= 15 is 0 Å². The van der Waals surface area contributed by atoms with E-state index in [0.717, 1.165) is 35.7 Å². The molecule has 1 aliphatic carbocycles. The van der Waals surface area contributed by atoms with Crippen LogP contribution >= 0.6 is 11.6 Å². The van der Waals surface area contributed by atoms with Crippen LogP contribution in [0.2, 0.25) is 5.15 Å². The number of nitrogens with one attached hydrogen (secondary N) is 1. The van der Waals surface area contributed by atoms with Crippen LogP contribution in [0.3, 0.4) is 0 Å². The highest BCUT2D eigenvalue weighted by atomic mass is 35.5. The number of amides is 1. The summed E-state index contributed by atoms with van der Waals surface area (Å²) in [5.41, 5.74) is 0.550. The van der Waals surface area contributed by atoms with Gasteiger partial charge in [-0.1, -0.05) is 11.6 Å². The molecule has 6 heteroatoms. The summed E-state index contributed by atoms with van der Waals surface area (Å²) in [6.45, 7) is 5.59. The lowest BCUT2D eigenvalue weighted by Gasteiger charge is -2.21. The molecule has 3 rings (SSSR count). The summed E-state index contributed by atoms with van der Waals surface area (Å²) in [4.78, 5) is 20.6. The van der Waals surface area contributed by atoms with Gasteiger partial charge in [0.05, 0.1) is 5.69 Å². The van der Waals surface area contributed by atoms with Gasteiger partial charge >= 0.3 is 6.09 Å². The molecular weight excluding hydrogens is 326 g/mol. The Morgan fingerprint density at radius 1 is 1.33 bits per heavy atom. The normalized spacial score (nSPS) is 21.0. The summed E-state index contributed by atoms with van der Waals surface area (Å²) in [6, 6.07) is 3.92. The molecule has 2 aromatic heterocycles. The van der Waals surface area contributed by atoms with E-state index in [1.807, 2.05) is 39.1 Å². The number of halogens is 1. The Balaban J connectivity index is 1.72. The third kappa shape index (κ3) is 3.96. The van der Waals surface area contributed by atoms with Crippen LogP contribution in [0, 0.1) is 0 Å². The molecule has 1 aliphatic rings. The first-order valence-corrected chi connectivity index (χ1v) is 8.59. The highest BCUT2D eigenvalue weighted by molar-refractivity contribution is 6.30. The van der Waals surface area contributed by atoms with Crippen LogP contribution < -0.4 is 5.32 Å². The molecule has 2 aromatic rings. The number of ether oxygens (including phenoxy) is 1. The van der Waals surface area contributed by atoms with E-state index in [2.05, 4.69) is 15.3 Å². The molecule has 128 valence electrons. The Kier molecular flexibility index (Phi) is 4.63. The average molecular weight is 348 g/mol. The maximum absolute atomic E-state index is 11.9. The van der Waals surface area contributed by atoms with Crippen molar-refractivity contribution in [3.63, 3.8) is 0 Å². The van der Waals surface area contributed by atoms with Gasteiger partial charge in [0.2, 0.25) is 0 Å². The maximum Gasteiger partial charge on any atom is 0.407 e. The van der Waals surface area contributed by atoms with Crippen LogP contribution in [0.5, 0.6) is 0 Å². The number of carbonyl (C=O) groups excluding carboxylic acids is 1. The van der Waals surface area contributed by atoms with Crippen molar-refractivity contribution < 1.29 is 9.53 Å². The number of pyridine rings is 2. The Hall–Kier alpha value is -1.88. The molecule has 1 amide bonds. The molecule has 0 aliphatic heterocycles. The molecule has 5 nitrogen and oxygen atoms in total. The molecule has 0 unspecified atom stereocenters. The van der Waals surface area contributed by atoms with Crippen molar-refractivity contribution in [3.8, 4) is 0 Å². The molecule has 0 aromatic carbocycles. The van der Waals surface area contributed by atoms with Gasteiger partial charge in [0.1, 0.15) is 10.8 Å². The first-order valence-electron chi connectivity index (χ1n) is 8.21. The minimum absolute atomic E-state index is 0.110. The van der Waals surface area contributed by atoms with E-state index in [4.69, 9.17) is 16.3 Å². The molecule has 24 heavy (non-hydrogen) atoms. The number of rotatable bonds is 2. The fraction of sp³-hybridized carbons (Fsp3) is 0.500. The predicted molar refractivity (Wildman–Crippen MR) is 94.3 cm³/mol. The number of carbonyl (C=O) groups is 1. The van der Waals surface area contributed by atoms with Gasteiger partial charge in [-0.25, -0.2) is 9.78 Å². The molecular formula is C18H22ClN3O2. The molecule has 2 atom stereocenters.